The quantitative estimate of drug-likeness (QED) is 0.0152. The first-order valence-corrected chi connectivity index (χ1v) is 24.5. The summed E-state index contributed by atoms with van der Waals surface area (Å²) < 4.78 is 0. The van der Waals surface area contributed by atoms with Crippen LogP contribution >= 0.6 is 0 Å². The third-order valence-corrected chi connectivity index (χ3v) is 11.1. The molecule has 0 aromatic rings. The van der Waals surface area contributed by atoms with Gasteiger partial charge in [-0.15, -0.1) is 0 Å². The van der Waals surface area contributed by atoms with Gasteiger partial charge < -0.3 is 42.9 Å². The van der Waals surface area contributed by atoms with Crippen molar-refractivity contribution in [3.05, 3.63) is 24.3 Å². The van der Waals surface area contributed by atoms with E-state index in [2.05, 4.69) is 57.9 Å². The second-order valence-corrected chi connectivity index (χ2v) is 17.0. The predicted octanol–water partition coefficient (Wildman–Crippen LogP) is 9.71. The van der Waals surface area contributed by atoms with Crippen LogP contribution < -0.4 is 22.9 Å². The van der Waals surface area contributed by atoms with Crippen LogP contribution in [0.25, 0.3) is 0 Å². The number of guanidine groups is 2. The Bertz CT molecular complexity index is 891. The molecule has 0 aromatic heterocycles. The highest BCUT2D eigenvalue weighted by Gasteiger charge is 2.14. The molecule has 0 spiro atoms. The van der Waals surface area contributed by atoms with Gasteiger partial charge in [0.1, 0.15) is 0 Å². The Labute approximate surface area is 359 Å². The van der Waals surface area contributed by atoms with Crippen LogP contribution in [0.5, 0.6) is 0 Å². The topological polar surface area (TPSA) is 176 Å². The third kappa shape index (κ3) is 43.4. The first-order chi connectivity index (χ1) is 28.3. The normalized spacial score (nSPS) is 13.0. The summed E-state index contributed by atoms with van der Waals surface area (Å²) in [6.45, 7) is 9.92. The summed E-state index contributed by atoms with van der Waals surface area (Å²) in [5.41, 5.74) is 22.1. The molecule has 0 saturated heterocycles. The van der Waals surface area contributed by atoms with Crippen LogP contribution in [0.1, 0.15) is 206 Å². The maximum Gasteiger partial charge on any atom is 0.185 e. The fraction of sp³-hybridized carbons (Fsp3) is 0.875. The van der Waals surface area contributed by atoms with Crippen molar-refractivity contribution in [2.75, 3.05) is 52.4 Å². The van der Waals surface area contributed by atoms with Crippen molar-refractivity contribution in [2.24, 2.45) is 32.9 Å². The number of aliphatic imine (C=N–C) groups is 2. The fourth-order valence-electron chi connectivity index (χ4n) is 7.56. The molecule has 58 heavy (non-hydrogen) atoms. The van der Waals surface area contributed by atoms with Gasteiger partial charge in [0.2, 0.25) is 0 Å². The van der Waals surface area contributed by atoms with Crippen molar-refractivity contribution in [1.29, 1.82) is 0 Å². The first kappa shape index (κ1) is 55.9. The van der Waals surface area contributed by atoms with Crippen molar-refractivity contribution < 1.29 is 10.2 Å². The number of hydrogen-bond acceptors (Lipinski definition) is 6. The molecule has 0 heterocycles. The molecular weight excluding hydrogens is 721 g/mol. The minimum atomic E-state index is -0.593. The number of hydrogen-bond donors (Lipinski definition) is 6. The molecule has 0 aliphatic rings. The molecule has 2 atom stereocenters. The molecule has 2 unspecified atom stereocenters. The lowest BCUT2D eigenvalue weighted by atomic mass is 10.1. The predicted molar refractivity (Wildman–Crippen MR) is 254 cm³/mol. The minimum Gasteiger partial charge on any atom is -0.390 e. The van der Waals surface area contributed by atoms with E-state index in [0.717, 1.165) is 51.9 Å². The Morgan fingerprint density at radius 1 is 0.397 bits per heavy atom. The van der Waals surface area contributed by atoms with Crippen molar-refractivity contribution >= 4 is 11.9 Å². The fourth-order valence-corrected chi connectivity index (χ4v) is 7.56. The zero-order chi connectivity index (χ0) is 42.6. The molecule has 0 bridgehead atoms. The maximum atomic E-state index is 10.7. The van der Waals surface area contributed by atoms with Crippen molar-refractivity contribution in [2.45, 2.75) is 219 Å². The number of nitrogens with zero attached hydrogens (tertiary/aromatic N) is 4. The Morgan fingerprint density at radius 3 is 0.914 bits per heavy atom. The molecule has 10 nitrogen and oxygen atoms in total. The van der Waals surface area contributed by atoms with Gasteiger partial charge in [0, 0.05) is 13.1 Å². The second-order valence-electron chi connectivity index (χ2n) is 17.0. The van der Waals surface area contributed by atoms with Gasteiger partial charge in [0.05, 0.1) is 25.3 Å². The van der Waals surface area contributed by atoms with Gasteiger partial charge in [-0.3, -0.25) is 9.98 Å². The molecule has 0 radical (unpaired) electrons. The number of allylic oxidation sites excluding steroid dienone is 4. The van der Waals surface area contributed by atoms with E-state index in [4.69, 9.17) is 22.9 Å². The van der Waals surface area contributed by atoms with Gasteiger partial charge in [0.15, 0.2) is 11.9 Å². The number of rotatable bonds is 45. The lowest BCUT2D eigenvalue weighted by molar-refractivity contribution is 0.108. The van der Waals surface area contributed by atoms with Gasteiger partial charge in [-0.25, -0.2) is 0 Å². The number of unbranched alkanes of at least 4 members (excludes halogenated alkanes) is 25. The summed E-state index contributed by atoms with van der Waals surface area (Å²) in [4.78, 5) is 12.8. The molecule has 342 valence electrons. The minimum absolute atomic E-state index is 0.0165. The molecule has 10 heteroatoms. The van der Waals surface area contributed by atoms with Gasteiger partial charge in [0.25, 0.3) is 0 Å². The van der Waals surface area contributed by atoms with Crippen LogP contribution in [-0.2, 0) is 0 Å². The van der Waals surface area contributed by atoms with Crippen LogP contribution in [0.4, 0.5) is 0 Å². The van der Waals surface area contributed by atoms with Crippen LogP contribution in [0.3, 0.4) is 0 Å². The highest BCUT2D eigenvalue weighted by atomic mass is 16.3. The van der Waals surface area contributed by atoms with Crippen LogP contribution in [-0.4, -0.2) is 96.5 Å². The monoisotopic (exact) mass is 819 g/mol. The van der Waals surface area contributed by atoms with Crippen molar-refractivity contribution in [3.8, 4) is 0 Å². The molecule has 0 amide bonds. The lowest BCUT2D eigenvalue weighted by Gasteiger charge is -2.27. The molecule has 0 aromatic carbocycles. The highest BCUT2D eigenvalue weighted by molar-refractivity contribution is 5.75. The molecule has 10 N–H and O–H groups in total. The molecule has 0 rings (SSSR count). The summed E-state index contributed by atoms with van der Waals surface area (Å²) in [5.74, 6) is 0.0329. The van der Waals surface area contributed by atoms with E-state index in [1.165, 1.54) is 167 Å². The van der Waals surface area contributed by atoms with Crippen molar-refractivity contribution in [1.82, 2.24) is 9.80 Å². The number of nitrogens with two attached hydrogens (primary N) is 4. The van der Waals surface area contributed by atoms with Crippen molar-refractivity contribution in [3.63, 3.8) is 0 Å². The lowest BCUT2D eigenvalue weighted by Crippen LogP contribution is -2.38. The Balaban J connectivity index is 4.54. The molecule has 0 aliphatic carbocycles. The first-order valence-electron chi connectivity index (χ1n) is 24.5. The molecule has 0 saturated carbocycles. The smallest absolute Gasteiger partial charge is 0.185 e. The summed E-state index contributed by atoms with van der Waals surface area (Å²) in [7, 11) is 0. The molecule has 0 fully saturated rings. The highest BCUT2D eigenvalue weighted by Crippen LogP contribution is 2.13. The Hall–Kier alpha value is -2.14. The average molecular weight is 819 g/mol. The Morgan fingerprint density at radius 2 is 0.638 bits per heavy atom. The number of aliphatic hydroxyl groups excluding tert-OH is 2. The average Bonchev–Trinajstić information content (AvgIpc) is 3.20. The third-order valence-electron chi connectivity index (χ3n) is 11.1. The maximum absolute atomic E-state index is 10.7. The largest absolute Gasteiger partial charge is 0.390 e. The van der Waals surface area contributed by atoms with Gasteiger partial charge in [-0.05, 0) is 103 Å². The zero-order valence-corrected chi connectivity index (χ0v) is 38.3. The van der Waals surface area contributed by atoms with E-state index in [9.17, 15) is 10.2 Å². The molecule has 0 aliphatic heterocycles. The molecular formula is C48H98N8O2. The summed E-state index contributed by atoms with van der Waals surface area (Å²) in [5, 5.41) is 21.3. The second kappa shape index (κ2) is 44.4. The summed E-state index contributed by atoms with van der Waals surface area (Å²) in [6.07, 6.45) is 46.7. The van der Waals surface area contributed by atoms with Crippen LogP contribution in [0.2, 0.25) is 0 Å². The number of aliphatic hydroxyl groups is 2. The SMILES string of the molecule is CCCCCCCC/C=C/CCCCCCCCN(CCCCN(CCCCCCCC/C=C/CCCCCCCC)CC(O)CN=C(N)N)CC(O)CN=C(N)N. The Kier molecular flexibility index (Phi) is 42.8. The van der Waals surface area contributed by atoms with E-state index in [0.29, 0.717) is 13.1 Å². The van der Waals surface area contributed by atoms with Crippen LogP contribution in [0, 0.1) is 0 Å². The van der Waals surface area contributed by atoms with Gasteiger partial charge in [-0.2, -0.15) is 0 Å². The van der Waals surface area contributed by atoms with E-state index in [1.54, 1.807) is 0 Å². The van der Waals surface area contributed by atoms with Gasteiger partial charge in [-0.1, -0.05) is 154 Å². The zero-order valence-electron chi connectivity index (χ0n) is 38.3. The van der Waals surface area contributed by atoms with E-state index >= 15 is 0 Å². The van der Waals surface area contributed by atoms with E-state index in [1.807, 2.05) is 0 Å². The van der Waals surface area contributed by atoms with Gasteiger partial charge >= 0.3 is 0 Å². The van der Waals surface area contributed by atoms with Crippen LogP contribution in [0.15, 0.2) is 34.3 Å². The van der Waals surface area contributed by atoms with E-state index < -0.39 is 12.2 Å². The van der Waals surface area contributed by atoms with E-state index in [-0.39, 0.29) is 25.0 Å². The summed E-state index contributed by atoms with van der Waals surface area (Å²) in [6, 6.07) is 0. The standard InChI is InChI=1S/C48H98N8O2/c1-3-5-7-9-11-13-15-17-19-21-23-25-27-29-31-33-37-55(43-45(57)41-53-47(49)50)39-35-36-40-56(44-46(58)42-54-48(51)52)38-34-32-30-28-26-24-22-20-18-16-14-12-10-8-6-4-2/h17-20,45-46,57-58H,3-16,21-44H2,1-2H3,(H4,49,50,53)(H4,51,52,54)/b19-17+,20-18+. The summed E-state index contributed by atoms with van der Waals surface area (Å²) >= 11 is 0.